The molecular weight excluding hydrogens is 342 g/mol. The van der Waals surface area contributed by atoms with Crippen LogP contribution in [0.3, 0.4) is 0 Å². The van der Waals surface area contributed by atoms with Gasteiger partial charge in [-0.15, -0.1) is 0 Å². The first kappa shape index (κ1) is 19.9. The largest absolute Gasteiger partial charge is 0.361 e. The predicted octanol–water partition coefficient (Wildman–Crippen LogP) is 3.31. The summed E-state index contributed by atoms with van der Waals surface area (Å²) in [6.07, 6.45) is 8.26. The summed E-state index contributed by atoms with van der Waals surface area (Å²) in [4.78, 5) is 26.8. The van der Waals surface area contributed by atoms with Crippen molar-refractivity contribution < 1.29 is 14.1 Å². The molecule has 2 aliphatic rings. The first-order valence-corrected chi connectivity index (χ1v) is 10.5. The lowest BCUT2D eigenvalue weighted by Crippen LogP contribution is -2.47. The summed E-state index contributed by atoms with van der Waals surface area (Å²) in [5.74, 6) is 2.09. The van der Waals surface area contributed by atoms with Crippen LogP contribution in [0.25, 0.3) is 0 Å². The average molecular weight is 376 g/mol. The fourth-order valence-corrected chi connectivity index (χ4v) is 4.25. The Hall–Kier alpha value is -1.85. The summed E-state index contributed by atoms with van der Waals surface area (Å²) in [5, 5.41) is 7.01. The lowest BCUT2D eigenvalue weighted by molar-refractivity contribution is -0.139. The van der Waals surface area contributed by atoms with E-state index in [-0.39, 0.29) is 17.7 Å². The van der Waals surface area contributed by atoms with Crippen molar-refractivity contribution in [2.75, 3.05) is 13.1 Å². The molecule has 1 saturated carbocycles. The number of amides is 2. The van der Waals surface area contributed by atoms with Crippen LogP contribution in [-0.2, 0) is 22.6 Å². The Labute approximate surface area is 162 Å². The molecule has 2 fully saturated rings. The average Bonchev–Trinajstić information content (AvgIpc) is 3.09. The molecule has 1 aromatic rings. The van der Waals surface area contributed by atoms with Gasteiger partial charge in [-0.3, -0.25) is 9.59 Å². The van der Waals surface area contributed by atoms with E-state index >= 15 is 0 Å². The number of likely N-dealkylation sites (tertiary alicyclic amines) is 1. The Balaban J connectivity index is 1.47. The predicted molar refractivity (Wildman–Crippen MR) is 103 cm³/mol. The van der Waals surface area contributed by atoms with Gasteiger partial charge in [0.1, 0.15) is 11.5 Å². The number of aromatic nitrogens is 1. The summed E-state index contributed by atoms with van der Waals surface area (Å²) in [6.45, 7) is 6.03. The number of nitrogens with one attached hydrogen (secondary N) is 1. The molecule has 27 heavy (non-hydrogen) atoms. The van der Waals surface area contributed by atoms with Crippen LogP contribution in [0.2, 0.25) is 0 Å². The zero-order chi connectivity index (χ0) is 19.2. The molecule has 1 aromatic heterocycles. The van der Waals surface area contributed by atoms with Crippen molar-refractivity contribution in [1.82, 2.24) is 15.4 Å². The van der Waals surface area contributed by atoms with Gasteiger partial charge >= 0.3 is 0 Å². The number of hydrogen-bond acceptors (Lipinski definition) is 4. The molecule has 0 spiro atoms. The molecule has 1 atom stereocenters. The highest BCUT2D eigenvalue weighted by atomic mass is 16.5. The van der Waals surface area contributed by atoms with Gasteiger partial charge in [0.05, 0.1) is 12.5 Å². The zero-order valence-electron chi connectivity index (χ0n) is 16.7. The summed E-state index contributed by atoms with van der Waals surface area (Å²) < 4.78 is 5.31. The third-order valence-electron chi connectivity index (χ3n) is 5.74. The monoisotopic (exact) mass is 375 g/mol. The molecule has 1 aliphatic heterocycles. The van der Waals surface area contributed by atoms with Crippen molar-refractivity contribution >= 4 is 11.8 Å². The van der Waals surface area contributed by atoms with Crippen LogP contribution in [0.15, 0.2) is 10.6 Å². The van der Waals surface area contributed by atoms with Gasteiger partial charge in [0.15, 0.2) is 0 Å². The first-order valence-electron chi connectivity index (χ1n) is 10.5. The number of nitrogens with zero attached hydrogens (tertiary/aromatic N) is 2. The number of piperidine rings is 1. The van der Waals surface area contributed by atoms with Gasteiger partial charge in [-0.1, -0.05) is 38.3 Å². The number of carbonyl (C=O) groups excluding carboxylic acids is 2. The second-order valence-electron chi connectivity index (χ2n) is 8.64. The molecule has 1 saturated heterocycles. The first-order chi connectivity index (χ1) is 13.0. The molecule has 1 aliphatic carbocycles. The topological polar surface area (TPSA) is 75.4 Å². The molecule has 3 rings (SSSR count). The second kappa shape index (κ2) is 9.38. The van der Waals surface area contributed by atoms with E-state index < -0.39 is 0 Å². The number of hydrogen-bond donors (Lipinski definition) is 1. The third kappa shape index (κ3) is 5.81. The Morgan fingerprint density at radius 3 is 2.81 bits per heavy atom. The van der Waals surface area contributed by atoms with E-state index in [2.05, 4.69) is 24.3 Å². The van der Waals surface area contributed by atoms with Gasteiger partial charge < -0.3 is 14.7 Å². The molecule has 1 N–H and O–H groups in total. The highest BCUT2D eigenvalue weighted by Gasteiger charge is 2.31. The van der Waals surface area contributed by atoms with E-state index in [4.69, 9.17) is 4.52 Å². The standard InChI is InChI=1S/C21H33N3O3/c1-15(2)10-19-11-18(23-27-19)12-22-21(26)17-8-9-20(25)24(14-17)13-16-6-4-3-5-7-16/h11,15-17H,3-10,12-14H2,1-2H3,(H,22,26). The Morgan fingerprint density at radius 2 is 2.07 bits per heavy atom. The van der Waals surface area contributed by atoms with Crippen LogP contribution in [-0.4, -0.2) is 35.0 Å². The minimum atomic E-state index is -0.117. The molecule has 6 nitrogen and oxygen atoms in total. The fourth-order valence-electron chi connectivity index (χ4n) is 4.25. The molecule has 0 bridgehead atoms. The van der Waals surface area contributed by atoms with Crippen molar-refractivity contribution in [2.45, 2.75) is 71.8 Å². The van der Waals surface area contributed by atoms with E-state index in [1.165, 1.54) is 32.1 Å². The smallest absolute Gasteiger partial charge is 0.225 e. The van der Waals surface area contributed by atoms with Crippen LogP contribution in [0.4, 0.5) is 0 Å². The van der Waals surface area contributed by atoms with E-state index in [1.54, 1.807) is 0 Å². The molecule has 2 amide bonds. The van der Waals surface area contributed by atoms with Gasteiger partial charge in [-0.05, 0) is 31.1 Å². The summed E-state index contributed by atoms with van der Waals surface area (Å²) in [5.41, 5.74) is 0.755. The van der Waals surface area contributed by atoms with Crippen molar-refractivity contribution in [3.8, 4) is 0 Å². The third-order valence-corrected chi connectivity index (χ3v) is 5.74. The number of carbonyl (C=O) groups is 2. The highest BCUT2D eigenvalue weighted by Crippen LogP contribution is 2.27. The normalized spacial score (nSPS) is 21.7. The molecular formula is C21H33N3O3. The van der Waals surface area contributed by atoms with Gasteiger partial charge in [0.25, 0.3) is 0 Å². The lowest BCUT2D eigenvalue weighted by Gasteiger charge is -2.35. The van der Waals surface area contributed by atoms with Crippen LogP contribution in [0.5, 0.6) is 0 Å². The minimum Gasteiger partial charge on any atom is -0.361 e. The Bertz CT molecular complexity index is 634. The van der Waals surface area contributed by atoms with Crippen LogP contribution < -0.4 is 5.32 Å². The Kier molecular flexibility index (Phi) is 6.91. The van der Waals surface area contributed by atoms with E-state index in [0.29, 0.717) is 37.8 Å². The molecule has 0 aromatic carbocycles. The van der Waals surface area contributed by atoms with Crippen molar-refractivity contribution in [3.63, 3.8) is 0 Å². The maximum absolute atomic E-state index is 12.6. The Morgan fingerprint density at radius 1 is 1.30 bits per heavy atom. The van der Waals surface area contributed by atoms with Crippen LogP contribution >= 0.6 is 0 Å². The van der Waals surface area contributed by atoms with Crippen molar-refractivity contribution in [1.29, 1.82) is 0 Å². The summed E-state index contributed by atoms with van der Waals surface area (Å²) in [6, 6.07) is 1.92. The van der Waals surface area contributed by atoms with E-state index in [1.807, 2.05) is 11.0 Å². The summed E-state index contributed by atoms with van der Waals surface area (Å²) >= 11 is 0. The quantitative estimate of drug-likeness (QED) is 0.793. The maximum Gasteiger partial charge on any atom is 0.225 e. The van der Waals surface area contributed by atoms with Crippen molar-refractivity contribution in [3.05, 3.63) is 17.5 Å². The van der Waals surface area contributed by atoms with E-state index in [0.717, 1.165) is 24.4 Å². The zero-order valence-corrected chi connectivity index (χ0v) is 16.7. The van der Waals surface area contributed by atoms with E-state index in [9.17, 15) is 9.59 Å². The molecule has 6 heteroatoms. The molecule has 2 heterocycles. The van der Waals surface area contributed by atoms with Gasteiger partial charge in [-0.2, -0.15) is 0 Å². The van der Waals surface area contributed by atoms with Crippen LogP contribution in [0, 0.1) is 17.8 Å². The SMILES string of the molecule is CC(C)Cc1cc(CNC(=O)C2CCC(=O)N(CC3CCCCC3)C2)no1. The second-order valence-corrected chi connectivity index (χ2v) is 8.64. The van der Waals surface area contributed by atoms with Crippen molar-refractivity contribution in [2.24, 2.45) is 17.8 Å². The molecule has 150 valence electrons. The van der Waals surface area contributed by atoms with Crippen LogP contribution in [0.1, 0.15) is 70.2 Å². The minimum absolute atomic E-state index is 0.0181. The molecule has 0 radical (unpaired) electrons. The van der Waals surface area contributed by atoms with Gasteiger partial charge in [0.2, 0.25) is 11.8 Å². The van der Waals surface area contributed by atoms with Gasteiger partial charge in [0, 0.05) is 32.0 Å². The fraction of sp³-hybridized carbons (Fsp3) is 0.762. The summed E-state index contributed by atoms with van der Waals surface area (Å²) in [7, 11) is 0. The highest BCUT2D eigenvalue weighted by molar-refractivity contribution is 5.83. The lowest BCUT2D eigenvalue weighted by atomic mass is 9.87. The molecule has 1 unspecified atom stereocenters. The maximum atomic E-state index is 12.6. The number of rotatable bonds is 7. The van der Waals surface area contributed by atoms with Gasteiger partial charge in [-0.25, -0.2) is 0 Å².